The van der Waals surface area contributed by atoms with Crippen molar-refractivity contribution in [1.82, 2.24) is 14.8 Å². The van der Waals surface area contributed by atoms with E-state index in [9.17, 15) is 9.18 Å². The van der Waals surface area contributed by atoms with Crippen molar-refractivity contribution in [2.24, 2.45) is 0 Å². The van der Waals surface area contributed by atoms with Gasteiger partial charge in [-0.2, -0.15) is 0 Å². The summed E-state index contributed by atoms with van der Waals surface area (Å²) in [5.41, 5.74) is 2.05. The molecule has 2 aromatic carbocycles. The average Bonchev–Trinajstić information content (AvgIpc) is 3.13. The summed E-state index contributed by atoms with van der Waals surface area (Å²) in [5.74, 6) is 0.785. The molecule has 0 N–H and O–H groups in total. The monoisotopic (exact) mass is 437 g/mol. The van der Waals surface area contributed by atoms with Gasteiger partial charge in [0.2, 0.25) is 0 Å². The molecule has 0 spiro atoms. The number of hydrogen-bond donors (Lipinski definition) is 0. The lowest BCUT2D eigenvalue weighted by Crippen LogP contribution is -2.08. The minimum atomic E-state index is -0.433. The van der Waals surface area contributed by atoms with Crippen molar-refractivity contribution in [3.63, 3.8) is 0 Å². The molecule has 31 heavy (non-hydrogen) atoms. The maximum atomic E-state index is 13.8. The number of nitrogens with zero attached hydrogens (tertiary/aromatic N) is 3. The molecular weight excluding hydrogens is 417 g/mol. The average molecular weight is 437 g/mol. The number of benzene rings is 2. The second kappa shape index (κ2) is 9.18. The van der Waals surface area contributed by atoms with Gasteiger partial charge in [0.15, 0.2) is 22.5 Å². The lowest BCUT2D eigenvalue weighted by molar-refractivity contribution is 0.275. The molecule has 0 unspecified atom stereocenters. The van der Waals surface area contributed by atoms with Crippen LogP contribution in [0.3, 0.4) is 0 Å². The van der Waals surface area contributed by atoms with Gasteiger partial charge in [0.1, 0.15) is 12.2 Å². The molecule has 0 aliphatic heterocycles. The Balaban J connectivity index is 1.55. The summed E-state index contributed by atoms with van der Waals surface area (Å²) in [5, 5.41) is 9.99. The van der Waals surface area contributed by atoms with Crippen molar-refractivity contribution in [1.29, 1.82) is 0 Å². The Kier molecular flexibility index (Phi) is 6.18. The number of aromatic nitrogens is 3. The zero-order chi connectivity index (χ0) is 21.8. The van der Waals surface area contributed by atoms with Crippen molar-refractivity contribution < 1.29 is 13.5 Å². The van der Waals surface area contributed by atoms with E-state index in [4.69, 9.17) is 9.15 Å². The van der Waals surface area contributed by atoms with Crippen molar-refractivity contribution in [3.05, 3.63) is 94.4 Å². The van der Waals surface area contributed by atoms with E-state index in [1.54, 1.807) is 24.3 Å². The summed E-state index contributed by atoms with van der Waals surface area (Å²) in [6.07, 6.45) is 1.73. The highest BCUT2D eigenvalue weighted by atomic mass is 32.2. The van der Waals surface area contributed by atoms with Crippen LogP contribution >= 0.6 is 11.8 Å². The van der Waals surface area contributed by atoms with Gasteiger partial charge in [-0.1, -0.05) is 42.1 Å². The third-order valence-electron chi connectivity index (χ3n) is 4.64. The predicted octanol–water partition coefficient (Wildman–Crippen LogP) is 4.89. The molecule has 0 aliphatic carbocycles. The Labute approximate surface area is 182 Å². The highest BCUT2D eigenvalue weighted by molar-refractivity contribution is 7.98. The fourth-order valence-electron chi connectivity index (χ4n) is 3.15. The van der Waals surface area contributed by atoms with Gasteiger partial charge in [-0.25, -0.2) is 9.18 Å². The summed E-state index contributed by atoms with van der Waals surface area (Å²) in [6, 6.07) is 13.5. The standard InChI is InChI=1S/C23H20FN3O3S/c1-3-10-27-21(13-29-19-7-5-4-6-18(19)24)25-26-23(27)31-14-16-12-22(28)30-20-11-15(2)8-9-17(16)20/h3-9,11-12H,1,10,13-14H2,2H3. The number of aryl methyl sites for hydroxylation is 1. The van der Waals surface area contributed by atoms with E-state index >= 15 is 0 Å². The fraction of sp³-hybridized carbons (Fsp3) is 0.174. The molecule has 0 saturated carbocycles. The van der Waals surface area contributed by atoms with Gasteiger partial charge in [0.25, 0.3) is 0 Å². The van der Waals surface area contributed by atoms with E-state index in [0.717, 1.165) is 16.5 Å². The minimum Gasteiger partial charge on any atom is -0.483 e. The second-order valence-corrected chi connectivity index (χ2v) is 7.84. The second-order valence-electron chi connectivity index (χ2n) is 6.90. The summed E-state index contributed by atoms with van der Waals surface area (Å²) in [6.45, 7) is 6.28. The number of halogens is 1. The Morgan fingerprint density at radius 2 is 2.06 bits per heavy atom. The molecule has 0 fully saturated rings. The predicted molar refractivity (Wildman–Crippen MR) is 118 cm³/mol. The van der Waals surface area contributed by atoms with Crippen molar-refractivity contribution in [3.8, 4) is 5.75 Å². The van der Waals surface area contributed by atoms with E-state index in [1.165, 1.54) is 23.9 Å². The number of ether oxygens (including phenoxy) is 1. The van der Waals surface area contributed by atoms with Crippen LogP contribution in [-0.2, 0) is 18.9 Å². The van der Waals surface area contributed by atoms with Crippen LogP contribution in [-0.4, -0.2) is 14.8 Å². The smallest absolute Gasteiger partial charge is 0.336 e. The summed E-state index contributed by atoms with van der Waals surface area (Å²) in [4.78, 5) is 12.0. The third kappa shape index (κ3) is 4.69. The molecular formula is C23H20FN3O3S. The van der Waals surface area contributed by atoms with Crippen molar-refractivity contribution in [2.45, 2.75) is 31.0 Å². The number of para-hydroxylation sites is 1. The van der Waals surface area contributed by atoms with Crippen LogP contribution in [0.2, 0.25) is 0 Å². The van der Waals surface area contributed by atoms with Crippen molar-refractivity contribution in [2.75, 3.05) is 0 Å². The summed E-state index contributed by atoms with van der Waals surface area (Å²) < 4.78 is 26.6. The van der Waals surface area contributed by atoms with Gasteiger partial charge in [-0.05, 0) is 36.2 Å². The molecule has 0 amide bonds. The van der Waals surface area contributed by atoms with Gasteiger partial charge in [0, 0.05) is 23.8 Å². The van der Waals surface area contributed by atoms with Gasteiger partial charge in [-0.3, -0.25) is 4.57 Å². The van der Waals surface area contributed by atoms with E-state index in [-0.39, 0.29) is 18.0 Å². The minimum absolute atomic E-state index is 0.0689. The van der Waals surface area contributed by atoms with Crippen LogP contribution in [0.5, 0.6) is 5.75 Å². The maximum absolute atomic E-state index is 13.8. The first-order valence-electron chi connectivity index (χ1n) is 9.61. The summed E-state index contributed by atoms with van der Waals surface area (Å²) >= 11 is 1.44. The SMILES string of the molecule is C=CCn1c(COc2ccccc2F)nnc1SCc1cc(=O)oc2cc(C)ccc12. The molecule has 8 heteroatoms. The van der Waals surface area contributed by atoms with E-state index in [1.807, 2.05) is 29.7 Å². The van der Waals surface area contributed by atoms with Crippen LogP contribution in [0.15, 0.2) is 75.6 Å². The molecule has 158 valence electrons. The van der Waals surface area contributed by atoms with Gasteiger partial charge in [-0.15, -0.1) is 16.8 Å². The lowest BCUT2D eigenvalue weighted by Gasteiger charge is -2.10. The number of allylic oxidation sites excluding steroid dienone is 1. The highest BCUT2D eigenvalue weighted by Crippen LogP contribution is 2.27. The van der Waals surface area contributed by atoms with Gasteiger partial charge in [0.05, 0.1) is 0 Å². The van der Waals surface area contributed by atoms with E-state index < -0.39 is 5.82 Å². The molecule has 0 bridgehead atoms. The molecule has 4 rings (SSSR count). The molecule has 6 nitrogen and oxygen atoms in total. The molecule has 2 heterocycles. The molecule has 0 radical (unpaired) electrons. The van der Waals surface area contributed by atoms with Crippen LogP contribution in [0.25, 0.3) is 11.0 Å². The van der Waals surface area contributed by atoms with Crippen molar-refractivity contribution >= 4 is 22.7 Å². The number of fused-ring (bicyclic) bond motifs is 1. The highest BCUT2D eigenvalue weighted by Gasteiger charge is 2.15. The van der Waals surface area contributed by atoms with Crippen LogP contribution < -0.4 is 10.4 Å². The van der Waals surface area contributed by atoms with Gasteiger partial charge >= 0.3 is 5.63 Å². The van der Waals surface area contributed by atoms with E-state index in [0.29, 0.717) is 28.9 Å². The first-order valence-corrected chi connectivity index (χ1v) is 10.6. The molecule has 2 aromatic heterocycles. The molecule has 4 aromatic rings. The number of thioether (sulfide) groups is 1. The number of rotatable bonds is 8. The quantitative estimate of drug-likeness (QED) is 0.222. The van der Waals surface area contributed by atoms with Crippen LogP contribution in [0, 0.1) is 12.7 Å². The first-order chi connectivity index (χ1) is 15.0. The van der Waals surface area contributed by atoms with Crippen LogP contribution in [0.4, 0.5) is 4.39 Å². The Bertz CT molecular complexity index is 1300. The first kappa shape index (κ1) is 20.9. The number of hydrogen-bond acceptors (Lipinski definition) is 6. The zero-order valence-electron chi connectivity index (χ0n) is 16.9. The largest absolute Gasteiger partial charge is 0.483 e. The Hall–Kier alpha value is -3.39. The molecule has 0 aliphatic rings. The summed E-state index contributed by atoms with van der Waals surface area (Å²) in [7, 11) is 0. The normalized spacial score (nSPS) is 11.0. The van der Waals surface area contributed by atoms with Gasteiger partial charge < -0.3 is 9.15 Å². The Morgan fingerprint density at radius 3 is 2.87 bits per heavy atom. The topological polar surface area (TPSA) is 70.2 Å². The molecule has 0 atom stereocenters. The molecule has 0 saturated heterocycles. The Morgan fingerprint density at radius 1 is 1.23 bits per heavy atom. The maximum Gasteiger partial charge on any atom is 0.336 e. The fourth-order valence-corrected chi connectivity index (χ4v) is 4.11. The third-order valence-corrected chi connectivity index (χ3v) is 5.66. The lowest BCUT2D eigenvalue weighted by atomic mass is 10.1. The van der Waals surface area contributed by atoms with E-state index in [2.05, 4.69) is 16.8 Å². The van der Waals surface area contributed by atoms with Crippen LogP contribution in [0.1, 0.15) is 17.0 Å². The zero-order valence-corrected chi connectivity index (χ0v) is 17.7.